The van der Waals surface area contributed by atoms with Crippen LogP contribution in [-0.4, -0.2) is 48.7 Å². The lowest BCUT2D eigenvalue weighted by Gasteiger charge is -2.35. The molecule has 5 heteroatoms. The number of hydrogen-bond acceptors (Lipinski definition) is 5. The number of cyclic esters (lactones) is 1. The molecule has 2 N–H and O–H groups in total. The maximum absolute atomic E-state index is 11.4. The second kappa shape index (κ2) is 4.30. The molecule has 0 saturated heterocycles. The van der Waals surface area contributed by atoms with Crippen LogP contribution >= 0.6 is 0 Å². The molecule has 0 bridgehead atoms. The van der Waals surface area contributed by atoms with E-state index in [0.29, 0.717) is 18.6 Å². The van der Waals surface area contributed by atoms with E-state index >= 15 is 0 Å². The zero-order valence-electron chi connectivity index (χ0n) is 8.31. The second-order valence-corrected chi connectivity index (χ2v) is 3.71. The van der Waals surface area contributed by atoms with Crippen molar-refractivity contribution in [2.75, 3.05) is 26.4 Å². The van der Waals surface area contributed by atoms with Crippen LogP contribution in [0.1, 0.15) is 6.42 Å². The highest BCUT2D eigenvalue weighted by Crippen LogP contribution is 2.32. The van der Waals surface area contributed by atoms with E-state index in [-0.39, 0.29) is 31.7 Å². The van der Waals surface area contributed by atoms with Gasteiger partial charge in [0.25, 0.3) is 0 Å². The summed E-state index contributed by atoms with van der Waals surface area (Å²) in [7, 11) is 0. The Hall–Kier alpha value is -0.910. The summed E-state index contributed by atoms with van der Waals surface area (Å²) in [4.78, 5) is 11.4. The Kier molecular flexibility index (Phi) is 3.04. The van der Waals surface area contributed by atoms with Gasteiger partial charge in [-0.1, -0.05) is 0 Å². The molecular formula is C10H14O5. The van der Waals surface area contributed by atoms with Crippen molar-refractivity contribution in [2.24, 2.45) is 5.92 Å². The minimum absolute atomic E-state index is 0.114. The van der Waals surface area contributed by atoms with Crippen LogP contribution < -0.4 is 0 Å². The third-order valence-electron chi connectivity index (χ3n) is 2.95. The number of carbonyl (C=O) groups excluding carboxylic acids is 1. The lowest BCUT2D eigenvalue weighted by atomic mass is 9.85. The van der Waals surface area contributed by atoms with Crippen molar-refractivity contribution >= 4 is 5.97 Å². The first-order valence-corrected chi connectivity index (χ1v) is 5.00. The van der Waals surface area contributed by atoms with E-state index in [1.807, 2.05) is 0 Å². The fourth-order valence-electron chi connectivity index (χ4n) is 2.12. The van der Waals surface area contributed by atoms with Gasteiger partial charge in [0, 0.05) is 12.3 Å². The molecule has 2 rings (SSSR count). The number of aliphatic hydroxyl groups excluding tert-OH is 2. The van der Waals surface area contributed by atoms with Crippen molar-refractivity contribution < 1.29 is 24.5 Å². The summed E-state index contributed by atoms with van der Waals surface area (Å²) in [6, 6.07) is 0. The summed E-state index contributed by atoms with van der Waals surface area (Å²) < 4.78 is 10.2. The first-order chi connectivity index (χ1) is 7.27. The van der Waals surface area contributed by atoms with Crippen LogP contribution in [0.4, 0.5) is 0 Å². The summed E-state index contributed by atoms with van der Waals surface area (Å²) >= 11 is 0. The molecule has 0 unspecified atom stereocenters. The van der Waals surface area contributed by atoms with E-state index in [0.717, 1.165) is 5.57 Å². The quantitative estimate of drug-likeness (QED) is 0.590. The highest BCUT2D eigenvalue weighted by atomic mass is 16.5. The van der Waals surface area contributed by atoms with E-state index in [1.54, 1.807) is 0 Å². The number of rotatable bonds is 2. The molecule has 15 heavy (non-hydrogen) atoms. The molecule has 0 aromatic carbocycles. The van der Waals surface area contributed by atoms with Crippen LogP contribution in [0.15, 0.2) is 11.1 Å². The molecule has 0 aromatic heterocycles. The van der Waals surface area contributed by atoms with Crippen LogP contribution in [0.2, 0.25) is 0 Å². The predicted octanol–water partition coefficient (Wildman–Crippen LogP) is -0.771. The Morgan fingerprint density at radius 3 is 2.80 bits per heavy atom. The summed E-state index contributed by atoms with van der Waals surface area (Å²) in [6.45, 7) is 0.274. The molecule has 84 valence electrons. The number of ether oxygens (including phenoxy) is 2. The highest BCUT2D eigenvalue weighted by molar-refractivity contribution is 5.90. The summed E-state index contributed by atoms with van der Waals surface area (Å²) in [5, 5.41) is 18.3. The lowest BCUT2D eigenvalue weighted by Crippen LogP contribution is -2.40. The summed E-state index contributed by atoms with van der Waals surface area (Å²) in [5.41, 5.74) is 1.41. The Morgan fingerprint density at radius 2 is 2.13 bits per heavy atom. The first kappa shape index (κ1) is 10.6. The summed E-state index contributed by atoms with van der Waals surface area (Å²) in [6.07, 6.45) is 0.228. The minimum Gasteiger partial charge on any atom is -0.462 e. The zero-order valence-corrected chi connectivity index (χ0v) is 8.31. The fraction of sp³-hybridized carbons (Fsp3) is 0.700. The van der Waals surface area contributed by atoms with Crippen LogP contribution in [0.25, 0.3) is 0 Å². The monoisotopic (exact) mass is 214 g/mol. The zero-order chi connectivity index (χ0) is 10.8. The van der Waals surface area contributed by atoms with Gasteiger partial charge in [-0.15, -0.1) is 0 Å². The lowest BCUT2D eigenvalue weighted by molar-refractivity contribution is -0.143. The average Bonchev–Trinajstić information content (AvgIpc) is 2.28. The Bertz CT molecular complexity index is 296. The van der Waals surface area contributed by atoms with Gasteiger partial charge in [0.2, 0.25) is 0 Å². The van der Waals surface area contributed by atoms with Gasteiger partial charge in [0.05, 0.1) is 38.1 Å². The van der Waals surface area contributed by atoms with Crippen molar-refractivity contribution in [3.63, 3.8) is 0 Å². The topological polar surface area (TPSA) is 76.0 Å². The first-order valence-electron chi connectivity index (χ1n) is 5.00. The van der Waals surface area contributed by atoms with Crippen LogP contribution in [0.5, 0.6) is 0 Å². The molecule has 0 radical (unpaired) electrons. The molecule has 0 spiro atoms. The third-order valence-corrected chi connectivity index (χ3v) is 2.95. The third kappa shape index (κ3) is 1.78. The van der Waals surface area contributed by atoms with Gasteiger partial charge in [-0.2, -0.15) is 0 Å². The Labute approximate surface area is 87.3 Å². The largest absolute Gasteiger partial charge is 0.462 e. The molecule has 0 aliphatic carbocycles. The van der Waals surface area contributed by atoms with Crippen molar-refractivity contribution in [1.29, 1.82) is 0 Å². The van der Waals surface area contributed by atoms with E-state index in [4.69, 9.17) is 14.6 Å². The minimum atomic E-state index is -0.403. The number of carbonyl (C=O) groups is 1. The van der Waals surface area contributed by atoms with Gasteiger partial charge < -0.3 is 19.7 Å². The standard InChI is InChI=1S/C10H14O5/c11-3-7-6-1-2-14-10(13)8(6)5-15-9(7)4-12/h7,9,11-12H,1-5H2/t7-,9+/m1/s1. The molecular weight excluding hydrogens is 200 g/mol. The SMILES string of the molecule is O=C1OCCC2=C1CO[C@@H](CO)[C@@H]2CO. The molecule has 0 saturated carbocycles. The molecule has 5 nitrogen and oxygen atoms in total. The molecule has 2 aliphatic heterocycles. The van der Waals surface area contributed by atoms with Gasteiger partial charge in [0.1, 0.15) is 0 Å². The number of hydrogen-bond donors (Lipinski definition) is 2. The summed E-state index contributed by atoms with van der Waals surface area (Å²) in [5.74, 6) is -0.627. The maximum Gasteiger partial charge on any atom is 0.336 e. The van der Waals surface area contributed by atoms with Crippen LogP contribution in [-0.2, 0) is 14.3 Å². The molecule has 2 aliphatic rings. The Morgan fingerprint density at radius 1 is 1.33 bits per heavy atom. The van der Waals surface area contributed by atoms with Crippen molar-refractivity contribution in [1.82, 2.24) is 0 Å². The van der Waals surface area contributed by atoms with Crippen LogP contribution in [0.3, 0.4) is 0 Å². The van der Waals surface area contributed by atoms with Gasteiger partial charge >= 0.3 is 5.97 Å². The highest BCUT2D eigenvalue weighted by Gasteiger charge is 2.36. The van der Waals surface area contributed by atoms with Crippen molar-refractivity contribution in [3.8, 4) is 0 Å². The molecule has 0 amide bonds. The van der Waals surface area contributed by atoms with E-state index in [9.17, 15) is 9.90 Å². The normalized spacial score (nSPS) is 31.2. The van der Waals surface area contributed by atoms with E-state index < -0.39 is 6.10 Å². The fourth-order valence-corrected chi connectivity index (χ4v) is 2.12. The van der Waals surface area contributed by atoms with Crippen molar-refractivity contribution in [3.05, 3.63) is 11.1 Å². The van der Waals surface area contributed by atoms with E-state index in [2.05, 4.69) is 0 Å². The second-order valence-electron chi connectivity index (χ2n) is 3.71. The van der Waals surface area contributed by atoms with E-state index in [1.165, 1.54) is 0 Å². The predicted molar refractivity (Wildman–Crippen MR) is 50.0 cm³/mol. The average molecular weight is 214 g/mol. The van der Waals surface area contributed by atoms with Crippen molar-refractivity contribution in [2.45, 2.75) is 12.5 Å². The number of esters is 1. The number of aliphatic hydroxyl groups is 2. The van der Waals surface area contributed by atoms with Gasteiger partial charge in [-0.3, -0.25) is 0 Å². The smallest absolute Gasteiger partial charge is 0.336 e. The van der Waals surface area contributed by atoms with Gasteiger partial charge in [-0.05, 0) is 5.57 Å². The van der Waals surface area contributed by atoms with Gasteiger partial charge in [0.15, 0.2) is 0 Å². The molecule has 2 atom stereocenters. The molecule has 2 heterocycles. The maximum atomic E-state index is 11.4. The molecule has 0 fully saturated rings. The molecule has 0 aromatic rings. The van der Waals surface area contributed by atoms with Gasteiger partial charge in [-0.25, -0.2) is 4.79 Å². The Balaban J connectivity index is 2.29. The van der Waals surface area contributed by atoms with Crippen LogP contribution in [0, 0.1) is 5.92 Å².